The second-order valence-electron chi connectivity index (χ2n) is 8.26. The number of allylic oxidation sites excluding steroid dienone is 2. The number of nitrogens with zero attached hydrogens (tertiary/aromatic N) is 1. The maximum absolute atomic E-state index is 10.5. The molecule has 168 valence electrons. The molecule has 0 aliphatic heterocycles. The lowest BCUT2D eigenvalue weighted by Crippen LogP contribution is -2.39. The Morgan fingerprint density at radius 3 is 2.81 bits per heavy atom. The van der Waals surface area contributed by atoms with Crippen molar-refractivity contribution in [2.45, 2.75) is 45.4 Å². The number of hydrogen-bond acceptors (Lipinski definition) is 7. The van der Waals surface area contributed by atoms with Gasteiger partial charge in [-0.05, 0) is 68.3 Å². The first-order valence-corrected chi connectivity index (χ1v) is 10.3. The summed E-state index contributed by atoms with van der Waals surface area (Å²) >= 11 is 0. The van der Waals surface area contributed by atoms with Crippen LogP contribution >= 0.6 is 0 Å². The lowest BCUT2D eigenvalue weighted by atomic mass is 9.84. The van der Waals surface area contributed by atoms with Gasteiger partial charge in [0.15, 0.2) is 6.23 Å². The van der Waals surface area contributed by atoms with Gasteiger partial charge in [-0.15, -0.1) is 0 Å². The van der Waals surface area contributed by atoms with Crippen LogP contribution in [0.4, 0.5) is 5.69 Å². The number of hydrogen-bond donors (Lipinski definition) is 5. The van der Waals surface area contributed by atoms with Crippen molar-refractivity contribution in [2.24, 2.45) is 10.9 Å². The first kappa shape index (κ1) is 24.6. The third-order valence-electron chi connectivity index (χ3n) is 4.56. The number of ether oxygens (including phenoxy) is 1. The highest BCUT2D eigenvalue weighted by atomic mass is 16.6. The van der Waals surface area contributed by atoms with Crippen molar-refractivity contribution in [1.29, 1.82) is 0 Å². The molecule has 0 saturated carbocycles. The molecule has 3 atom stereocenters. The Morgan fingerprint density at radius 1 is 1.35 bits per heavy atom. The minimum atomic E-state index is -1.09. The second-order valence-corrected chi connectivity index (χ2v) is 8.26. The Bertz CT molecular complexity index is 853. The third-order valence-corrected chi connectivity index (χ3v) is 4.56. The monoisotopic (exact) mass is 426 g/mol. The summed E-state index contributed by atoms with van der Waals surface area (Å²) in [6.45, 7) is 9.60. The fraction of sp³-hybridized carbons (Fsp3) is 0.375. The van der Waals surface area contributed by atoms with E-state index in [0.717, 1.165) is 16.7 Å². The van der Waals surface area contributed by atoms with Crippen LogP contribution in [0, 0.1) is 5.92 Å². The van der Waals surface area contributed by atoms with Crippen LogP contribution in [0.5, 0.6) is 0 Å². The van der Waals surface area contributed by atoms with E-state index in [2.05, 4.69) is 22.2 Å². The van der Waals surface area contributed by atoms with E-state index < -0.39 is 18.2 Å². The molecule has 7 heteroatoms. The van der Waals surface area contributed by atoms with Crippen LogP contribution < -0.4 is 16.4 Å². The Balaban J connectivity index is 2.17. The zero-order valence-electron chi connectivity index (χ0n) is 18.5. The van der Waals surface area contributed by atoms with Crippen LogP contribution in [0.25, 0.3) is 5.57 Å². The van der Waals surface area contributed by atoms with E-state index in [1.165, 1.54) is 0 Å². The van der Waals surface area contributed by atoms with Gasteiger partial charge in [0.25, 0.3) is 0 Å². The van der Waals surface area contributed by atoms with Crippen molar-refractivity contribution in [3.63, 3.8) is 0 Å². The van der Waals surface area contributed by atoms with Crippen molar-refractivity contribution >= 4 is 17.5 Å². The number of rotatable bonds is 10. The van der Waals surface area contributed by atoms with Gasteiger partial charge in [-0.3, -0.25) is 10.3 Å². The van der Waals surface area contributed by atoms with E-state index in [1.807, 2.05) is 57.2 Å². The number of aliphatic imine (C=N–C) groups is 1. The number of nitrogens with one attached hydrogen (secondary N) is 2. The Morgan fingerprint density at radius 2 is 2.13 bits per heavy atom. The van der Waals surface area contributed by atoms with Gasteiger partial charge >= 0.3 is 0 Å². The molecule has 0 radical (unpaired) electrons. The number of aliphatic hydroxyl groups excluding tert-OH is 2. The van der Waals surface area contributed by atoms with Crippen molar-refractivity contribution in [1.82, 2.24) is 10.6 Å². The largest absolute Gasteiger partial charge is 0.399 e. The van der Waals surface area contributed by atoms with Crippen LogP contribution in [-0.2, 0) is 4.74 Å². The normalized spacial score (nSPS) is 19.2. The summed E-state index contributed by atoms with van der Waals surface area (Å²) in [7, 11) is 0. The molecule has 2 rings (SSSR count). The number of aliphatic hydroxyl groups is 2. The van der Waals surface area contributed by atoms with Gasteiger partial charge in [0, 0.05) is 30.6 Å². The predicted octanol–water partition coefficient (Wildman–Crippen LogP) is 2.92. The number of benzene rings is 1. The maximum atomic E-state index is 10.5. The quantitative estimate of drug-likeness (QED) is 0.223. The highest BCUT2D eigenvalue weighted by molar-refractivity contribution is 5.75. The molecule has 0 fully saturated rings. The molecule has 1 aromatic rings. The minimum absolute atomic E-state index is 0.187. The molecule has 1 aromatic carbocycles. The summed E-state index contributed by atoms with van der Waals surface area (Å²) in [5.41, 5.74) is 9.19. The van der Waals surface area contributed by atoms with Crippen molar-refractivity contribution in [3.8, 4) is 0 Å². The van der Waals surface area contributed by atoms with Crippen molar-refractivity contribution in [3.05, 3.63) is 72.6 Å². The fourth-order valence-corrected chi connectivity index (χ4v) is 3.16. The summed E-state index contributed by atoms with van der Waals surface area (Å²) in [5, 5.41) is 26.5. The molecule has 1 aliphatic rings. The fourth-order valence-electron chi connectivity index (χ4n) is 3.16. The average Bonchev–Trinajstić information content (AvgIpc) is 2.70. The van der Waals surface area contributed by atoms with E-state index in [4.69, 9.17) is 10.5 Å². The molecule has 0 heterocycles. The first-order chi connectivity index (χ1) is 14.7. The smallest absolute Gasteiger partial charge is 0.214 e. The highest BCUT2D eigenvalue weighted by Crippen LogP contribution is 2.34. The summed E-state index contributed by atoms with van der Waals surface area (Å²) in [6.07, 6.45) is 8.97. The zero-order valence-corrected chi connectivity index (χ0v) is 18.5. The predicted molar refractivity (Wildman–Crippen MR) is 127 cm³/mol. The Kier molecular flexibility index (Phi) is 9.21. The number of nitrogens with two attached hydrogens (primary N) is 1. The van der Waals surface area contributed by atoms with Gasteiger partial charge in [0.1, 0.15) is 0 Å². The van der Waals surface area contributed by atoms with Gasteiger partial charge in [0.05, 0.1) is 5.60 Å². The van der Waals surface area contributed by atoms with E-state index >= 15 is 0 Å². The lowest BCUT2D eigenvalue weighted by molar-refractivity contribution is -0.180. The Labute approximate surface area is 184 Å². The molecule has 31 heavy (non-hydrogen) atoms. The van der Waals surface area contributed by atoms with E-state index in [-0.39, 0.29) is 5.92 Å². The molecule has 0 bridgehead atoms. The van der Waals surface area contributed by atoms with Crippen LogP contribution in [0.1, 0.15) is 32.8 Å². The van der Waals surface area contributed by atoms with E-state index in [0.29, 0.717) is 18.7 Å². The maximum Gasteiger partial charge on any atom is 0.214 e. The van der Waals surface area contributed by atoms with Gasteiger partial charge in [0.2, 0.25) is 6.41 Å². The Hall–Kier alpha value is -2.71. The molecule has 0 spiro atoms. The SMILES string of the molecule is C=CNC=CC=NC(O)C1C=CC(CNC(O)OC(C)(C)C)=C(c2cccc(N)c2)C1. The number of nitrogen functional groups attached to an aromatic ring is 1. The first-order valence-electron chi connectivity index (χ1n) is 10.3. The molecule has 7 nitrogen and oxygen atoms in total. The average molecular weight is 427 g/mol. The molecule has 1 aliphatic carbocycles. The van der Waals surface area contributed by atoms with Gasteiger partial charge < -0.3 is 26.0 Å². The van der Waals surface area contributed by atoms with E-state index in [9.17, 15) is 10.2 Å². The van der Waals surface area contributed by atoms with Crippen LogP contribution in [-0.4, -0.2) is 41.2 Å². The highest BCUT2D eigenvalue weighted by Gasteiger charge is 2.24. The standard InChI is InChI=1S/C24H34N4O3/c1-5-26-12-7-13-27-22(29)18-10-11-19(16-28-23(30)31-24(2,3)4)21(15-18)17-8-6-9-20(25)14-17/h5-14,18,22-23,26,28-30H,1,15-16,25H2,2-4H3. The van der Waals surface area contributed by atoms with Crippen LogP contribution in [0.3, 0.4) is 0 Å². The topological polar surface area (TPSA) is 112 Å². The molecule has 0 amide bonds. The molecular formula is C24H34N4O3. The van der Waals surface area contributed by atoms with Crippen LogP contribution in [0.2, 0.25) is 0 Å². The summed E-state index contributed by atoms with van der Waals surface area (Å²) < 4.78 is 5.52. The van der Waals surface area contributed by atoms with Crippen molar-refractivity contribution in [2.75, 3.05) is 12.3 Å². The van der Waals surface area contributed by atoms with E-state index in [1.54, 1.807) is 24.7 Å². The summed E-state index contributed by atoms with van der Waals surface area (Å²) in [6, 6.07) is 7.64. The van der Waals surface area contributed by atoms with Crippen molar-refractivity contribution < 1.29 is 14.9 Å². The van der Waals surface area contributed by atoms with Gasteiger partial charge in [-0.1, -0.05) is 30.9 Å². The zero-order chi connectivity index (χ0) is 22.9. The van der Waals surface area contributed by atoms with Gasteiger partial charge in [-0.2, -0.15) is 0 Å². The minimum Gasteiger partial charge on any atom is -0.399 e. The lowest BCUT2D eigenvalue weighted by Gasteiger charge is -2.27. The molecular weight excluding hydrogens is 392 g/mol. The summed E-state index contributed by atoms with van der Waals surface area (Å²) in [5.74, 6) is -0.187. The molecule has 6 N–H and O–H groups in total. The van der Waals surface area contributed by atoms with Gasteiger partial charge in [-0.25, -0.2) is 0 Å². The molecule has 0 saturated heterocycles. The molecule has 0 aromatic heterocycles. The van der Waals surface area contributed by atoms with Crippen LogP contribution in [0.15, 0.2) is 72.0 Å². The molecule has 3 unspecified atom stereocenters. The number of anilines is 1. The third kappa shape index (κ3) is 8.51. The summed E-state index contributed by atoms with van der Waals surface area (Å²) in [4.78, 5) is 4.20. The second kappa shape index (κ2) is 11.6.